The van der Waals surface area contributed by atoms with Crippen molar-refractivity contribution in [3.8, 4) is 0 Å². The van der Waals surface area contributed by atoms with Gasteiger partial charge in [0.2, 0.25) is 0 Å². The van der Waals surface area contributed by atoms with Gasteiger partial charge in [0, 0.05) is 25.7 Å². The topological polar surface area (TPSA) is 41.0 Å². The van der Waals surface area contributed by atoms with E-state index in [1.54, 1.807) is 12.4 Å². The van der Waals surface area contributed by atoms with E-state index in [1.165, 1.54) is 0 Å². The first-order valence-corrected chi connectivity index (χ1v) is 5.23. The standard InChI is InChI=1S/C11H18N4/c1-4-7-12-10-8-11(14-9-13-10)15(5-2)6-3/h4,8-9H,1,5-7H2,2-3H3,(H,12,13,14). The van der Waals surface area contributed by atoms with Gasteiger partial charge >= 0.3 is 0 Å². The smallest absolute Gasteiger partial charge is 0.134 e. The Morgan fingerprint density at radius 2 is 2.13 bits per heavy atom. The third-order valence-corrected chi connectivity index (χ3v) is 2.17. The van der Waals surface area contributed by atoms with Crippen LogP contribution in [0.2, 0.25) is 0 Å². The van der Waals surface area contributed by atoms with Crippen LogP contribution in [-0.2, 0) is 0 Å². The summed E-state index contributed by atoms with van der Waals surface area (Å²) in [6.45, 7) is 10.5. The maximum Gasteiger partial charge on any atom is 0.134 e. The van der Waals surface area contributed by atoms with E-state index < -0.39 is 0 Å². The molecule has 0 atom stereocenters. The van der Waals surface area contributed by atoms with Crippen LogP contribution in [0.3, 0.4) is 0 Å². The zero-order valence-electron chi connectivity index (χ0n) is 9.40. The third-order valence-electron chi connectivity index (χ3n) is 2.17. The first-order valence-electron chi connectivity index (χ1n) is 5.23. The normalized spacial score (nSPS) is 9.73. The summed E-state index contributed by atoms with van der Waals surface area (Å²) in [5.41, 5.74) is 0. The molecule has 0 radical (unpaired) electrons. The lowest BCUT2D eigenvalue weighted by Gasteiger charge is -2.19. The number of nitrogens with zero attached hydrogens (tertiary/aromatic N) is 3. The summed E-state index contributed by atoms with van der Waals surface area (Å²) in [6.07, 6.45) is 3.39. The zero-order valence-corrected chi connectivity index (χ0v) is 9.40. The van der Waals surface area contributed by atoms with Crippen molar-refractivity contribution in [3.63, 3.8) is 0 Å². The fourth-order valence-electron chi connectivity index (χ4n) is 1.34. The highest BCUT2D eigenvalue weighted by molar-refractivity contribution is 5.48. The Kier molecular flexibility index (Phi) is 4.60. The first-order chi connectivity index (χ1) is 7.31. The van der Waals surface area contributed by atoms with Gasteiger partial charge in [-0.2, -0.15) is 0 Å². The lowest BCUT2D eigenvalue weighted by atomic mass is 10.4. The minimum Gasteiger partial charge on any atom is -0.366 e. The van der Waals surface area contributed by atoms with E-state index >= 15 is 0 Å². The van der Waals surface area contributed by atoms with Crippen molar-refractivity contribution in [2.75, 3.05) is 29.9 Å². The summed E-state index contributed by atoms with van der Waals surface area (Å²) in [4.78, 5) is 10.6. The molecule has 0 saturated heterocycles. The van der Waals surface area contributed by atoms with Crippen molar-refractivity contribution >= 4 is 11.6 Å². The molecule has 1 rings (SSSR count). The average molecular weight is 206 g/mol. The summed E-state index contributed by atoms with van der Waals surface area (Å²) < 4.78 is 0. The number of nitrogens with one attached hydrogen (secondary N) is 1. The van der Waals surface area contributed by atoms with Gasteiger partial charge in [-0.05, 0) is 13.8 Å². The van der Waals surface area contributed by atoms with E-state index in [-0.39, 0.29) is 0 Å². The van der Waals surface area contributed by atoms with E-state index in [0.29, 0.717) is 6.54 Å². The molecule has 0 spiro atoms. The van der Waals surface area contributed by atoms with Gasteiger partial charge in [0.15, 0.2) is 0 Å². The highest BCUT2D eigenvalue weighted by Crippen LogP contribution is 2.13. The van der Waals surface area contributed by atoms with Crippen LogP contribution >= 0.6 is 0 Å². The van der Waals surface area contributed by atoms with Gasteiger partial charge in [0.05, 0.1) is 0 Å². The number of anilines is 2. The largest absolute Gasteiger partial charge is 0.366 e. The Labute approximate surface area is 91.0 Å². The van der Waals surface area contributed by atoms with Crippen LogP contribution < -0.4 is 10.2 Å². The molecule has 0 aromatic carbocycles. The highest BCUT2D eigenvalue weighted by atomic mass is 15.2. The van der Waals surface area contributed by atoms with Crippen LogP contribution in [-0.4, -0.2) is 29.6 Å². The molecule has 0 bridgehead atoms. The summed E-state index contributed by atoms with van der Waals surface area (Å²) in [6, 6.07) is 1.95. The summed E-state index contributed by atoms with van der Waals surface area (Å²) >= 11 is 0. The zero-order chi connectivity index (χ0) is 11.1. The fourth-order valence-corrected chi connectivity index (χ4v) is 1.34. The summed E-state index contributed by atoms with van der Waals surface area (Å²) in [5.74, 6) is 1.80. The predicted octanol–water partition coefficient (Wildman–Crippen LogP) is 1.92. The van der Waals surface area contributed by atoms with Crippen LogP contribution in [0.5, 0.6) is 0 Å². The lowest BCUT2D eigenvalue weighted by molar-refractivity contribution is 0.841. The van der Waals surface area contributed by atoms with Gasteiger partial charge in [-0.3, -0.25) is 0 Å². The molecule has 4 heteroatoms. The molecule has 15 heavy (non-hydrogen) atoms. The third kappa shape index (κ3) is 3.23. The molecule has 0 amide bonds. The van der Waals surface area contributed by atoms with Crippen molar-refractivity contribution in [2.45, 2.75) is 13.8 Å². The summed E-state index contributed by atoms with van der Waals surface area (Å²) in [5, 5.41) is 3.14. The molecular weight excluding hydrogens is 188 g/mol. The van der Waals surface area contributed by atoms with E-state index in [4.69, 9.17) is 0 Å². The Hall–Kier alpha value is -1.58. The quantitative estimate of drug-likeness (QED) is 0.722. The second kappa shape index (κ2) is 6.01. The number of rotatable bonds is 6. The molecular formula is C11H18N4. The lowest BCUT2D eigenvalue weighted by Crippen LogP contribution is -2.23. The first kappa shape index (κ1) is 11.5. The molecule has 0 aliphatic heterocycles. The molecule has 1 aromatic rings. The van der Waals surface area contributed by atoms with Crippen molar-refractivity contribution in [1.29, 1.82) is 0 Å². The fraction of sp³-hybridized carbons (Fsp3) is 0.455. The van der Waals surface area contributed by atoms with Crippen LogP contribution in [0.4, 0.5) is 11.6 Å². The molecule has 0 aliphatic carbocycles. The molecule has 0 unspecified atom stereocenters. The van der Waals surface area contributed by atoms with E-state index in [1.807, 2.05) is 6.07 Å². The maximum absolute atomic E-state index is 4.24. The average Bonchev–Trinajstić information content (AvgIpc) is 2.29. The second-order valence-electron chi connectivity index (χ2n) is 3.10. The van der Waals surface area contributed by atoms with Crippen molar-refractivity contribution in [3.05, 3.63) is 25.0 Å². The monoisotopic (exact) mass is 206 g/mol. The van der Waals surface area contributed by atoms with Crippen molar-refractivity contribution in [2.24, 2.45) is 0 Å². The number of hydrogen-bond donors (Lipinski definition) is 1. The molecule has 0 aliphatic rings. The van der Waals surface area contributed by atoms with Crippen molar-refractivity contribution < 1.29 is 0 Å². The second-order valence-corrected chi connectivity index (χ2v) is 3.10. The molecule has 0 saturated carbocycles. The SMILES string of the molecule is C=CCNc1cc(N(CC)CC)ncn1. The summed E-state index contributed by atoms with van der Waals surface area (Å²) in [7, 11) is 0. The van der Waals surface area contributed by atoms with Gasteiger partial charge in [-0.1, -0.05) is 6.08 Å². The minimum absolute atomic E-state index is 0.717. The van der Waals surface area contributed by atoms with Gasteiger partial charge in [0.25, 0.3) is 0 Å². The highest BCUT2D eigenvalue weighted by Gasteiger charge is 2.03. The molecule has 1 N–H and O–H groups in total. The minimum atomic E-state index is 0.717. The van der Waals surface area contributed by atoms with Gasteiger partial charge in [-0.15, -0.1) is 6.58 Å². The number of hydrogen-bond acceptors (Lipinski definition) is 4. The Morgan fingerprint density at radius 1 is 1.40 bits per heavy atom. The van der Waals surface area contributed by atoms with E-state index in [2.05, 4.69) is 40.6 Å². The van der Waals surface area contributed by atoms with Gasteiger partial charge in [0.1, 0.15) is 18.0 Å². The van der Waals surface area contributed by atoms with Gasteiger partial charge in [-0.25, -0.2) is 9.97 Å². The van der Waals surface area contributed by atoms with Gasteiger partial charge < -0.3 is 10.2 Å². The predicted molar refractivity (Wildman–Crippen MR) is 64.3 cm³/mol. The van der Waals surface area contributed by atoms with Crippen LogP contribution in [0.25, 0.3) is 0 Å². The Bertz CT molecular complexity index is 307. The maximum atomic E-state index is 4.24. The molecule has 0 fully saturated rings. The molecule has 1 aromatic heterocycles. The Balaban J connectivity index is 2.76. The van der Waals surface area contributed by atoms with Crippen molar-refractivity contribution in [1.82, 2.24) is 9.97 Å². The molecule has 1 heterocycles. The molecule has 4 nitrogen and oxygen atoms in total. The van der Waals surface area contributed by atoms with E-state index in [0.717, 1.165) is 24.7 Å². The number of aromatic nitrogens is 2. The van der Waals surface area contributed by atoms with Crippen LogP contribution in [0.15, 0.2) is 25.0 Å². The van der Waals surface area contributed by atoms with Crippen LogP contribution in [0, 0.1) is 0 Å². The Morgan fingerprint density at radius 3 is 2.73 bits per heavy atom. The molecule has 82 valence electrons. The van der Waals surface area contributed by atoms with Crippen LogP contribution in [0.1, 0.15) is 13.8 Å². The van der Waals surface area contributed by atoms with E-state index in [9.17, 15) is 0 Å².